The van der Waals surface area contributed by atoms with Crippen molar-refractivity contribution in [1.29, 1.82) is 0 Å². The van der Waals surface area contributed by atoms with Crippen LogP contribution in [0.2, 0.25) is 0 Å². The predicted molar refractivity (Wildman–Crippen MR) is 123 cm³/mol. The van der Waals surface area contributed by atoms with Crippen LogP contribution in [-0.2, 0) is 21.2 Å². The van der Waals surface area contributed by atoms with Gasteiger partial charge < -0.3 is 20.1 Å². The zero-order chi connectivity index (χ0) is 22.4. The van der Waals surface area contributed by atoms with Gasteiger partial charge in [0.05, 0.1) is 5.41 Å². The highest BCUT2D eigenvalue weighted by Gasteiger charge is 2.83. The third kappa shape index (κ3) is 1.79. The van der Waals surface area contributed by atoms with Crippen LogP contribution in [-0.4, -0.2) is 33.2 Å². The summed E-state index contributed by atoms with van der Waals surface area (Å²) < 4.78 is 6.48. The van der Waals surface area contributed by atoms with Crippen LogP contribution in [0, 0.1) is 18.4 Å². The van der Waals surface area contributed by atoms with E-state index in [2.05, 4.69) is 71.4 Å². The van der Waals surface area contributed by atoms with Gasteiger partial charge in [-0.3, -0.25) is 0 Å². The number of aromatic amines is 1. The number of benzene rings is 1. The molecule has 0 spiro atoms. The van der Waals surface area contributed by atoms with Crippen LogP contribution in [0.15, 0.2) is 30.9 Å². The second kappa shape index (κ2) is 5.41. The number of nitrogens with two attached hydrogens (primary N) is 1. The Balaban J connectivity index is 1.86. The molecule has 7 atom stereocenters. The maximum absolute atomic E-state index is 13.2. The van der Waals surface area contributed by atoms with Gasteiger partial charge in [-0.25, -0.2) is 0 Å². The summed E-state index contributed by atoms with van der Waals surface area (Å²) in [7, 11) is 4.33. The predicted octanol–water partition coefficient (Wildman–Crippen LogP) is 3.62. The first-order valence-electron chi connectivity index (χ1n) is 11.4. The Hall–Kier alpha value is -1.33. The van der Waals surface area contributed by atoms with Crippen LogP contribution in [0.3, 0.4) is 0 Å². The standard InChI is InChI=1S/C26H33ClN2O2/c1-8-24(6)16(27)12-15-22(2,3)13-10-9-11-14-17(13)18-19(29-14)23(4,5)20-21(31-20)26(24,28-7)25(15,18)30/h8-11,15-16,20-21,29-30H,1,7,12,28H2,2-6H3/t15-,16-,20+,21+,24-,25-,26+/m0/s1. The number of alkyl halides is 1. The van der Waals surface area contributed by atoms with Crippen LogP contribution in [0.4, 0.5) is 0 Å². The van der Waals surface area contributed by atoms with E-state index in [4.69, 9.17) is 16.3 Å². The molecule has 0 radical (unpaired) electrons. The summed E-state index contributed by atoms with van der Waals surface area (Å²) in [6, 6.07) is 6.48. The largest absolute Gasteiger partial charge is 0.468 e. The first-order valence-corrected chi connectivity index (χ1v) is 11.8. The second-order valence-electron chi connectivity index (χ2n) is 11.6. The molecule has 1 saturated heterocycles. The Morgan fingerprint density at radius 3 is 2.58 bits per heavy atom. The van der Waals surface area contributed by atoms with Crippen molar-refractivity contribution in [2.75, 3.05) is 0 Å². The molecule has 1 aliphatic heterocycles. The van der Waals surface area contributed by atoms with Gasteiger partial charge in [-0.05, 0) is 30.4 Å². The summed E-state index contributed by atoms with van der Waals surface area (Å²) in [5.74, 6) is -0.0834. The summed E-state index contributed by atoms with van der Waals surface area (Å²) in [6.07, 6.45) is 2.45. The average Bonchev–Trinajstić information content (AvgIpc) is 3.43. The Bertz CT molecular complexity index is 1150. The molecule has 0 amide bonds. The Kier molecular flexibility index (Phi) is 3.54. The summed E-state index contributed by atoms with van der Waals surface area (Å²) in [4.78, 5) is 3.73. The molecule has 4 aliphatic rings. The summed E-state index contributed by atoms with van der Waals surface area (Å²) in [5, 5.41) is 16.2. The lowest BCUT2D eigenvalue weighted by Gasteiger charge is -2.66. The number of aromatic nitrogens is 1. The molecule has 1 aromatic carbocycles. The number of aliphatic hydroxyl groups is 1. The number of quaternary nitrogens is 1. The zero-order valence-electron chi connectivity index (χ0n) is 19.1. The van der Waals surface area contributed by atoms with Crippen molar-refractivity contribution in [3.05, 3.63) is 54.7 Å². The van der Waals surface area contributed by atoms with Crippen molar-refractivity contribution in [2.45, 2.75) is 80.6 Å². The van der Waals surface area contributed by atoms with E-state index in [-0.39, 0.29) is 34.3 Å². The van der Waals surface area contributed by atoms with Gasteiger partial charge in [-0.15, -0.1) is 18.2 Å². The number of fused-ring (bicyclic) bond motifs is 2. The van der Waals surface area contributed by atoms with Crippen LogP contribution in [0.1, 0.15) is 57.9 Å². The Morgan fingerprint density at radius 2 is 1.94 bits per heavy atom. The van der Waals surface area contributed by atoms with Gasteiger partial charge in [0, 0.05) is 38.9 Å². The van der Waals surface area contributed by atoms with E-state index in [9.17, 15) is 5.11 Å². The first kappa shape index (κ1) is 20.3. The molecular weight excluding hydrogens is 408 g/mol. The van der Waals surface area contributed by atoms with Gasteiger partial charge >= 0.3 is 0 Å². The number of H-pyrrole nitrogens is 1. The lowest BCUT2D eigenvalue weighted by Crippen LogP contribution is -3.05. The molecule has 4 N–H and O–H groups in total. The zero-order valence-corrected chi connectivity index (χ0v) is 19.8. The van der Waals surface area contributed by atoms with Crippen molar-refractivity contribution < 1.29 is 15.2 Å². The van der Waals surface area contributed by atoms with Crippen LogP contribution in [0.25, 0.3) is 10.9 Å². The molecule has 2 fully saturated rings. The van der Waals surface area contributed by atoms with E-state index in [0.29, 0.717) is 6.42 Å². The molecule has 5 heteroatoms. The van der Waals surface area contributed by atoms with Gasteiger partial charge in [0.2, 0.25) is 0 Å². The van der Waals surface area contributed by atoms with Crippen molar-refractivity contribution in [2.24, 2.45) is 11.3 Å². The summed E-state index contributed by atoms with van der Waals surface area (Å²) >= 11 is 7.21. The number of halogens is 1. The molecule has 1 aromatic heterocycles. The number of hydrogen-bond acceptors (Lipinski definition) is 2. The summed E-state index contributed by atoms with van der Waals surface area (Å²) in [5.41, 5.74) is 1.40. The van der Waals surface area contributed by atoms with Crippen LogP contribution >= 0.6 is 11.6 Å². The minimum Gasteiger partial charge on any atom is -0.468 e. The first-order chi connectivity index (χ1) is 14.4. The number of epoxide rings is 1. The van der Waals surface area contributed by atoms with Crippen molar-refractivity contribution >= 4 is 22.5 Å². The molecule has 6 rings (SSSR count). The van der Waals surface area contributed by atoms with E-state index >= 15 is 0 Å². The SMILES string of the molecule is C=C[C@@]1(C)[C@@H](Cl)C[C@H]2C(C)(C)c3cccc4[nH]c5c(c34)[C@]2(O)[C@@]1([NH2+][CH2-])[C@@H]1O[C@H]1C5(C)C. The molecular formula is C26H33ClN2O2. The Labute approximate surface area is 189 Å². The van der Waals surface area contributed by atoms with E-state index in [1.807, 2.05) is 11.4 Å². The molecule has 31 heavy (non-hydrogen) atoms. The third-order valence-corrected chi connectivity index (χ3v) is 10.6. The lowest BCUT2D eigenvalue weighted by atomic mass is 9.42. The molecule has 0 unspecified atom stereocenters. The maximum Gasteiger partial charge on any atom is 0.151 e. The molecule has 4 nitrogen and oxygen atoms in total. The highest BCUT2D eigenvalue weighted by atomic mass is 35.5. The number of rotatable bonds is 2. The van der Waals surface area contributed by atoms with E-state index < -0.39 is 16.6 Å². The normalized spacial score (nSPS) is 45.7. The second-order valence-corrected chi connectivity index (χ2v) is 12.1. The fraction of sp³-hybridized carbons (Fsp3) is 0.577. The maximum atomic E-state index is 13.2. The number of ether oxygens (including phenoxy) is 1. The van der Waals surface area contributed by atoms with Crippen molar-refractivity contribution in [3.63, 3.8) is 0 Å². The van der Waals surface area contributed by atoms with Gasteiger partial charge in [-0.2, -0.15) is 7.05 Å². The van der Waals surface area contributed by atoms with Crippen LogP contribution in [0.5, 0.6) is 0 Å². The quantitative estimate of drug-likeness (QED) is 0.289. The van der Waals surface area contributed by atoms with E-state index in [0.717, 1.165) is 16.8 Å². The number of hydrogen-bond donors (Lipinski definition) is 3. The molecule has 1 saturated carbocycles. The smallest absolute Gasteiger partial charge is 0.151 e. The number of nitrogens with one attached hydrogen (secondary N) is 1. The molecule has 3 aliphatic carbocycles. The summed E-state index contributed by atoms with van der Waals surface area (Å²) in [6.45, 7) is 15.3. The fourth-order valence-corrected chi connectivity index (χ4v) is 8.52. The molecule has 2 heterocycles. The van der Waals surface area contributed by atoms with E-state index in [1.54, 1.807) is 0 Å². The topological polar surface area (TPSA) is 65.2 Å². The minimum absolute atomic E-state index is 0.0297. The van der Waals surface area contributed by atoms with Gasteiger partial charge in [0.25, 0.3) is 0 Å². The van der Waals surface area contributed by atoms with Crippen molar-refractivity contribution in [3.8, 4) is 0 Å². The molecule has 0 bridgehead atoms. The minimum atomic E-state index is -1.18. The van der Waals surface area contributed by atoms with E-state index in [1.165, 1.54) is 10.9 Å². The van der Waals surface area contributed by atoms with Gasteiger partial charge in [0.1, 0.15) is 17.7 Å². The lowest BCUT2D eigenvalue weighted by molar-refractivity contribution is -0.721. The fourth-order valence-electron chi connectivity index (χ4n) is 8.08. The van der Waals surface area contributed by atoms with Gasteiger partial charge in [0.15, 0.2) is 5.60 Å². The van der Waals surface area contributed by atoms with Gasteiger partial charge in [-0.1, -0.05) is 45.9 Å². The average molecular weight is 441 g/mol. The van der Waals surface area contributed by atoms with Crippen LogP contribution < -0.4 is 5.32 Å². The molecule has 2 aromatic rings. The monoisotopic (exact) mass is 440 g/mol. The van der Waals surface area contributed by atoms with Crippen molar-refractivity contribution in [1.82, 2.24) is 4.98 Å². The highest BCUT2D eigenvalue weighted by molar-refractivity contribution is 6.21. The molecule has 166 valence electrons. The third-order valence-electron chi connectivity index (χ3n) is 9.93. The highest BCUT2D eigenvalue weighted by Crippen LogP contribution is 2.71. The Morgan fingerprint density at radius 1 is 1.23 bits per heavy atom.